The van der Waals surface area contributed by atoms with Crippen molar-refractivity contribution >= 4 is 35.9 Å². The Kier molecular flexibility index (Phi) is 17.8. The molecule has 0 aliphatic rings. The summed E-state index contributed by atoms with van der Waals surface area (Å²) in [6.07, 6.45) is 1.47. The van der Waals surface area contributed by atoms with Crippen LogP contribution in [0.1, 0.15) is 0 Å². The van der Waals surface area contributed by atoms with Crippen molar-refractivity contribution in [2.75, 3.05) is 6.38 Å². The van der Waals surface area contributed by atoms with E-state index in [1.54, 1.807) is 0 Å². The van der Waals surface area contributed by atoms with Gasteiger partial charge in [0.25, 0.3) is 0 Å². The Balaban J connectivity index is -0.000000376. The molecule has 0 aliphatic carbocycles. The summed E-state index contributed by atoms with van der Waals surface area (Å²) in [6.45, 7) is 0. The van der Waals surface area contributed by atoms with Gasteiger partial charge in [0, 0.05) is 15.3 Å². The Labute approximate surface area is 129 Å². The Morgan fingerprint density at radius 1 is 1.36 bits per heavy atom. The molecule has 0 aromatic heterocycles. The van der Waals surface area contributed by atoms with Crippen LogP contribution in [0.3, 0.4) is 0 Å². The largest absolute Gasteiger partial charge is 1.00 e. The fraction of sp³-hybridized carbons (Fsp3) is 1.00. The van der Waals surface area contributed by atoms with Crippen LogP contribution in [0.5, 0.6) is 0 Å². The van der Waals surface area contributed by atoms with Crippen LogP contribution in [0, 0.1) is 0 Å². The molecule has 0 fully saturated rings. The first-order chi connectivity index (χ1) is 5.83. The Bertz CT molecular complexity index is 211. The second kappa shape index (κ2) is 11.6. The first-order valence-electron chi connectivity index (χ1n) is 2.24. The van der Waals surface area contributed by atoms with Crippen molar-refractivity contribution in [3.8, 4) is 0 Å². The molecule has 0 radical (unpaired) electrons. The fourth-order valence-electron chi connectivity index (χ4n) is 0.187. The van der Waals surface area contributed by atoms with Crippen molar-refractivity contribution in [1.29, 1.82) is 0 Å². The van der Waals surface area contributed by atoms with Crippen LogP contribution < -0.4 is 56.3 Å². The molecular weight excluding hydrogens is 307 g/mol. The topological polar surface area (TPSA) is 133 Å². The molecule has 8 nitrogen and oxygen atoms in total. The minimum Gasteiger partial charge on any atom is -0.566 e. The van der Waals surface area contributed by atoms with E-state index in [-0.39, 0.29) is 51.4 Å². The van der Waals surface area contributed by atoms with Gasteiger partial charge in [-0.2, -0.15) is 0 Å². The van der Waals surface area contributed by atoms with E-state index in [0.29, 0.717) is 0 Å². The maximum Gasteiger partial charge on any atom is 1.00 e. The normalized spacial score (nSPS) is 15.2. The zero-order valence-corrected chi connectivity index (χ0v) is 13.6. The predicted octanol–water partition coefficient (Wildman–Crippen LogP) is -2.35. The average Bonchev–Trinajstić information content (AvgIpc) is 1.85. The maximum absolute atomic E-state index is 10.2. The number of hydrogen-bond donors (Lipinski definition) is 2. The van der Waals surface area contributed by atoms with E-state index in [4.69, 9.17) is 9.79 Å². The van der Waals surface area contributed by atoms with E-state index in [2.05, 4.69) is 20.2 Å². The van der Waals surface area contributed by atoms with Gasteiger partial charge in [-0.05, 0) is 8.88 Å². The molecule has 13 heteroatoms. The zero-order chi connectivity index (χ0) is 11.1. The van der Waals surface area contributed by atoms with E-state index in [1.165, 1.54) is 6.38 Å². The van der Waals surface area contributed by atoms with Gasteiger partial charge in [-0.25, -0.2) is 4.57 Å². The standard InChI is InChI=1S/CH3Cl.K.HO8P3/c1-2;;1-9(2)7-11(5,6)8-10(3)4/h1H3;;(H-,1,2,5,6)/q;+1;/p+1. The second-order valence-electron chi connectivity index (χ2n) is 1.09. The van der Waals surface area contributed by atoms with Gasteiger partial charge in [0.1, 0.15) is 0 Å². The SMILES string of the molecule is CCl.O=[P+]([O-])OP(=O)(O)O[P+](=O)O.[K+]. The molecule has 0 saturated carbocycles. The third kappa shape index (κ3) is 16.6. The van der Waals surface area contributed by atoms with Gasteiger partial charge in [0.05, 0.1) is 0 Å². The number of hydrogen-bond acceptors (Lipinski definition) is 6. The van der Waals surface area contributed by atoms with Gasteiger partial charge in [0.2, 0.25) is 0 Å². The van der Waals surface area contributed by atoms with Crippen molar-refractivity contribution < 1.29 is 88.4 Å². The van der Waals surface area contributed by atoms with Gasteiger partial charge in [-0.1, -0.05) is 0 Å². The van der Waals surface area contributed by atoms with Crippen molar-refractivity contribution in [1.82, 2.24) is 0 Å². The van der Waals surface area contributed by atoms with E-state index in [1.807, 2.05) is 0 Å². The monoisotopic (exact) mass is 312 g/mol. The summed E-state index contributed by atoms with van der Waals surface area (Å²) in [4.78, 5) is 25.7. The number of halogens is 1. The molecule has 0 saturated heterocycles. The van der Waals surface area contributed by atoms with Gasteiger partial charge >= 0.3 is 75.7 Å². The molecule has 2 N–H and O–H groups in total. The Morgan fingerprint density at radius 2 is 1.71 bits per heavy atom. The van der Waals surface area contributed by atoms with Crippen LogP contribution in [0.15, 0.2) is 0 Å². The minimum absolute atomic E-state index is 0. The first kappa shape index (κ1) is 21.4. The molecule has 0 bridgehead atoms. The molecule has 3 unspecified atom stereocenters. The second-order valence-corrected chi connectivity index (χ2v) is 4.26. The average molecular weight is 313 g/mol. The van der Waals surface area contributed by atoms with Crippen molar-refractivity contribution in [3.63, 3.8) is 0 Å². The molecule has 0 aromatic carbocycles. The molecule has 78 valence electrons. The zero-order valence-electron chi connectivity index (χ0n) is 7.06. The summed E-state index contributed by atoms with van der Waals surface area (Å²) >= 11 is 4.64. The summed E-state index contributed by atoms with van der Waals surface area (Å²) in [5.41, 5.74) is 0. The summed E-state index contributed by atoms with van der Waals surface area (Å²) in [5, 5.41) is 0. The van der Waals surface area contributed by atoms with E-state index < -0.39 is 24.3 Å². The van der Waals surface area contributed by atoms with Crippen LogP contribution in [0.4, 0.5) is 0 Å². The fourth-order valence-corrected chi connectivity index (χ4v) is 1.96. The summed E-state index contributed by atoms with van der Waals surface area (Å²) in [7, 11) is -11.9. The van der Waals surface area contributed by atoms with E-state index in [0.717, 1.165) is 0 Å². The summed E-state index contributed by atoms with van der Waals surface area (Å²) in [6, 6.07) is 0. The third-order valence-corrected chi connectivity index (χ3v) is 3.09. The molecule has 0 rings (SSSR count). The molecule has 14 heavy (non-hydrogen) atoms. The number of rotatable bonds is 4. The predicted molar refractivity (Wildman–Crippen MR) is 41.2 cm³/mol. The van der Waals surface area contributed by atoms with Gasteiger partial charge < -0.3 is 4.89 Å². The van der Waals surface area contributed by atoms with E-state index >= 15 is 0 Å². The summed E-state index contributed by atoms with van der Waals surface area (Å²) in [5.74, 6) is 0. The third-order valence-electron chi connectivity index (χ3n) is 0.343. The molecule has 0 aromatic rings. The van der Waals surface area contributed by atoms with Crippen LogP contribution in [-0.4, -0.2) is 16.2 Å². The Morgan fingerprint density at radius 3 is 1.93 bits per heavy atom. The molecule has 0 amide bonds. The van der Waals surface area contributed by atoms with Crippen LogP contribution >= 0.6 is 35.9 Å². The molecule has 3 atom stereocenters. The quantitative estimate of drug-likeness (QED) is 0.335. The smallest absolute Gasteiger partial charge is 0.566 e. The number of alkyl halides is 1. The van der Waals surface area contributed by atoms with E-state index in [9.17, 15) is 18.6 Å². The minimum atomic E-state index is -4.93. The molecule has 0 heterocycles. The van der Waals surface area contributed by atoms with Crippen LogP contribution in [0.25, 0.3) is 0 Å². The van der Waals surface area contributed by atoms with Crippen molar-refractivity contribution in [3.05, 3.63) is 0 Å². The van der Waals surface area contributed by atoms with Gasteiger partial charge in [-0.15, -0.1) is 16.5 Å². The van der Waals surface area contributed by atoms with Crippen LogP contribution in [-0.2, 0) is 22.3 Å². The van der Waals surface area contributed by atoms with Crippen molar-refractivity contribution in [2.45, 2.75) is 0 Å². The molecule has 0 spiro atoms. The first-order valence-corrected chi connectivity index (χ1v) is 6.72. The molecular formula is CH5ClKO8P3+2. The van der Waals surface area contributed by atoms with Gasteiger partial charge in [0.15, 0.2) is 0 Å². The maximum atomic E-state index is 10.2. The number of phosphoric acid groups is 1. The van der Waals surface area contributed by atoms with Crippen molar-refractivity contribution in [2.24, 2.45) is 0 Å². The van der Waals surface area contributed by atoms with Crippen LogP contribution in [0.2, 0.25) is 0 Å². The Hall–Kier alpha value is 2.16. The molecule has 0 aliphatic heterocycles. The van der Waals surface area contributed by atoms with Gasteiger partial charge in [-0.3, -0.25) is 4.89 Å². The summed E-state index contributed by atoms with van der Waals surface area (Å²) < 4.78 is 36.1.